The zero-order valence-corrected chi connectivity index (χ0v) is 8.37. The lowest BCUT2D eigenvalue weighted by Gasteiger charge is -2.43. The van der Waals surface area contributed by atoms with Crippen molar-refractivity contribution in [2.24, 2.45) is 0 Å². The molecule has 2 fully saturated rings. The van der Waals surface area contributed by atoms with Crippen LogP contribution in [0.15, 0.2) is 0 Å². The average molecular weight is 184 g/mol. The standard InChI is InChI=1S/C10H20N2O/c1-12(9-6-10(13)7-9)8-2-4-11-5-3-8/h8-11,13H,2-7H2,1H3/t9-,10-. The van der Waals surface area contributed by atoms with E-state index in [1.54, 1.807) is 0 Å². The van der Waals surface area contributed by atoms with E-state index in [1.807, 2.05) is 0 Å². The van der Waals surface area contributed by atoms with Gasteiger partial charge in [-0.1, -0.05) is 0 Å². The fraction of sp³-hybridized carbons (Fsp3) is 1.00. The first-order chi connectivity index (χ1) is 6.27. The molecule has 0 bridgehead atoms. The minimum atomic E-state index is -0.0193. The van der Waals surface area contributed by atoms with E-state index in [0.29, 0.717) is 6.04 Å². The molecular formula is C10H20N2O. The molecule has 13 heavy (non-hydrogen) atoms. The summed E-state index contributed by atoms with van der Waals surface area (Å²) in [7, 11) is 2.21. The van der Waals surface area contributed by atoms with Gasteiger partial charge in [-0.15, -0.1) is 0 Å². The summed E-state index contributed by atoms with van der Waals surface area (Å²) in [6.07, 6.45) is 4.49. The summed E-state index contributed by atoms with van der Waals surface area (Å²) in [6.45, 7) is 2.31. The van der Waals surface area contributed by atoms with Crippen LogP contribution in [0.4, 0.5) is 0 Å². The zero-order chi connectivity index (χ0) is 9.26. The van der Waals surface area contributed by atoms with E-state index in [1.165, 1.54) is 12.8 Å². The predicted octanol–water partition coefficient (Wildman–Crippen LogP) is 0.193. The van der Waals surface area contributed by atoms with Crippen molar-refractivity contribution in [3.8, 4) is 0 Å². The van der Waals surface area contributed by atoms with Gasteiger partial charge in [0.1, 0.15) is 0 Å². The van der Waals surface area contributed by atoms with Gasteiger partial charge in [0.05, 0.1) is 6.10 Å². The fourth-order valence-electron chi connectivity index (χ4n) is 2.40. The van der Waals surface area contributed by atoms with Gasteiger partial charge in [-0.25, -0.2) is 0 Å². The molecule has 0 aromatic heterocycles. The van der Waals surface area contributed by atoms with Crippen LogP contribution in [0.3, 0.4) is 0 Å². The molecule has 0 aromatic rings. The van der Waals surface area contributed by atoms with Crippen molar-refractivity contribution < 1.29 is 5.11 Å². The molecule has 1 aliphatic heterocycles. The van der Waals surface area contributed by atoms with Gasteiger partial charge < -0.3 is 15.3 Å². The maximum absolute atomic E-state index is 9.23. The Morgan fingerprint density at radius 1 is 1.15 bits per heavy atom. The SMILES string of the molecule is CN(C1CCNCC1)[C@H]1C[C@H](O)C1. The molecule has 2 rings (SSSR count). The topological polar surface area (TPSA) is 35.5 Å². The van der Waals surface area contributed by atoms with E-state index in [-0.39, 0.29) is 6.10 Å². The van der Waals surface area contributed by atoms with Gasteiger partial charge in [-0.2, -0.15) is 0 Å². The minimum absolute atomic E-state index is 0.0193. The van der Waals surface area contributed by atoms with Crippen LogP contribution in [-0.4, -0.2) is 48.3 Å². The molecule has 3 nitrogen and oxygen atoms in total. The summed E-state index contributed by atoms with van der Waals surface area (Å²) in [6, 6.07) is 1.40. The molecule has 2 N–H and O–H groups in total. The summed E-state index contributed by atoms with van der Waals surface area (Å²) in [5.41, 5.74) is 0. The number of nitrogens with one attached hydrogen (secondary N) is 1. The van der Waals surface area contributed by atoms with Crippen LogP contribution in [-0.2, 0) is 0 Å². The van der Waals surface area contributed by atoms with Crippen molar-refractivity contribution in [1.82, 2.24) is 10.2 Å². The largest absolute Gasteiger partial charge is 0.393 e. The molecule has 0 spiro atoms. The van der Waals surface area contributed by atoms with Crippen LogP contribution in [0.25, 0.3) is 0 Å². The molecule has 1 aliphatic carbocycles. The summed E-state index contributed by atoms with van der Waals surface area (Å²) in [4.78, 5) is 2.48. The Bertz CT molecular complexity index is 162. The van der Waals surface area contributed by atoms with E-state index in [2.05, 4.69) is 17.3 Å². The summed E-state index contributed by atoms with van der Waals surface area (Å²) >= 11 is 0. The fourth-order valence-corrected chi connectivity index (χ4v) is 2.40. The van der Waals surface area contributed by atoms with Crippen LogP contribution < -0.4 is 5.32 Å². The molecule has 1 saturated carbocycles. The number of rotatable bonds is 2. The predicted molar refractivity (Wildman–Crippen MR) is 52.7 cm³/mol. The second-order valence-electron chi connectivity index (χ2n) is 4.43. The number of aliphatic hydroxyl groups excluding tert-OH is 1. The van der Waals surface area contributed by atoms with Crippen molar-refractivity contribution >= 4 is 0 Å². The second kappa shape index (κ2) is 3.95. The Balaban J connectivity index is 1.78. The Labute approximate surface area is 80.1 Å². The first-order valence-corrected chi connectivity index (χ1v) is 5.38. The van der Waals surface area contributed by atoms with Crippen molar-refractivity contribution in [1.29, 1.82) is 0 Å². The maximum atomic E-state index is 9.23. The molecule has 3 heteroatoms. The van der Waals surface area contributed by atoms with Gasteiger partial charge in [0.2, 0.25) is 0 Å². The van der Waals surface area contributed by atoms with Crippen molar-refractivity contribution in [2.75, 3.05) is 20.1 Å². The maximum Gasteiger partial charge on any atom is 0.0570 e. The molecule has 0 radical (unpaired) electrons. The Kier molecular flexibility index (Phi) is 2.86. The van der Waals surface area contributed by atoms with E-state index < -0.39 is 0 Å². The highest BCUT2D eigenvalue weighted by atomic mass is 16.3. The lowest BCUT2D eigenvalue weighted by molar-refractivity contribution is -0.00941. The molecular weight excluding hydrogens is 164 g/mol. The van der Waals surface area contributed by atoms with Crippen LogP contribution in [0.2, 0.25) is 0 Å². The number of piperidine rings is 1. The van der Waals surface area contributed by atoms with E-state index in [9.17, 15) is 5.11 Å². The van der Waals surface area contributed by atoms with E-state index >= 15 is 0 Å². The Hall–Kier alpha value is -0.120. The Morgan fingerprint density at radius 2 is 1.77 bits per heavy atom. The molecule has 76 valence electrons. The van der Waals surface area contributed by atoms with Crippen LogP contribution in [0, 0.1) is 0 Å². The highest BCUT2D eigenvalue weighted by Gasteiger charge is 2.33. The zero-order valence-electron chi connectivity index (χ0n) is 8.37. The van der Waals surface area contributed by atoms with Gasteiger partial charge in [0, 0.05) is 12.1 Å². The lowest BCUT2D eigenvalue weighted by Crippen LogP contribution is -2.52. The molecule has 0 aromatic carbocycles. The summed E-state index contributed by atoms with van der Waals surface area (Å²) in [5.74, 6) is 0. The molecule has 0 atom stereocenters. The first-order valence-electron chi connectivity index (χ1n) is 5.38. The van der Waals surface area contributed by atoms with Crippen molar-refractivity contribution in [3.63, 3.8) is 0 Å². The number of aliphatic hydroxyl groups is 1. The van der Waals surface area contributed by atoms with Crippen LogP contribution >= 0.6 is 0 Å². The van der Waals surface area contributed by atoms with Gasteiger partial charge in [-0.3, -0.25) is 0 Å². The highest BCUT2D eigenvalue weighted by Crippen LogP contribution is 2.27. The van der Waals surface area contributed by atoms with Gasteiger partial charge >= 0.3 is 0 Å². The minimum Gasteiger partial charge on any atom is -0.393 e. The highest BCUT2D eigenvalue weighted by molar-refractivity contribution is 4.89. The quantitative estimate of drug-likeness (QED) is 0.643. The lowest BCUT2D eigenvalue weighted by atomic mass is 9.86. The summed E-state index contributed by atoms with van der Waals surface area (Å²) < 4.78 is 0. The monoisotopic (exact) mass is 184 g/mol. The second-order valence-corrected chi connectivity index (χ2v) is 4.43. The third kappa shape index (κ3) is 2.03. The van der Waals surface area contributed by atoms with Gasteiger partial charge in [0.15, 0.2) is 0 Å². The van der Waals surface area contributed by atoms with Gasteiger partial charge in [-0.05, 0) is 45.8 Å². The first kappa shape index (κ1) is 9.44. The van der Waals surface area contributed by atoms with E-state index in [0.717, 1.165) is 32.0 Å². The van der Waals surface area contributed by atoms with Crippen molar-refractivity contribution in [3.05, 3.63) is 0 Å². The van der Waals surface area contributed by atoms with Crippen LogP contribution in [0.5, 0.6) is 0 Å². The molecule has 2 aliphatic rings. The molecule has 1 heterocycles. The average Bonchev–Trinajstić information content (AvgIpc) is 2.13. The van der Waals surface area contributed by atoms with Crippen molar-refractivity contribution in [2.45, 2.75) is 43.9 Å². The molecule has 0 unspecified atom stereocenters. The Morgan fingerprint density at radius 3 is 2.31 bits per heavy atom. The molecule has 0 amide bonds. The normalized spacial score (nSPS) is 36.2. The van der Waals surface area contributed by atoms with Gasteiger partial charge in [0.25, 0.3) is 0 Å². The third-order valence-electron chi connectivity index (χ3n) is 3.55. The molecule has 1 saturated heterocycles. The van der Waals surface area contributed by atoms with Crippen LogP contribution in [0.1, 0.15) is 25.7 Å². The smallest absolute Gasteiger partial charge is 0.0570 e. The number of nitrogens with zero attached hydrogens (tertiary/aromatic N) is 1. The third-order valence-corrected chi connectivity index (χ3v) is 3.55. The van der Waals surface area contributed by atoms with E-state index in [4.69, 9.17) is 0 Å². The number of hydrogen-bond acceptors (Lipinski definition) is 3. The summed E-state index contributed by atoms with van der Waals surface area (Å²) in [5, 5.41) is 12.6. The number of hydrogen-bond donors (Lipinski definition) is 2.